The van der Waals surface area contributed by atoms with Crippen LogP contribution in [0.1, 0.15) is 55.4 Å². The number of carbonyl (C=O) groups excluding carboxylic acids is 1. The lowest BCUT2D eigenvalue weighted by molar-refractivity contribution is -0.100. The summed E-state index contributed by atoms with van der Waals surface area (Å²) >= 11 is 25.2. The molecule has 272 valence electrons. The second-order valence-electron chi connectivity index (χ2n) is 13.5. The van der Waals surface area contributed by atoms with Crippen LogP contribution in [-0.2, 0) is 38.8 Å². The third-order valence-corrected chi connectivity index (χ3v) is 8.98. The minimum absolute atomic E-state index is 0.216. The number of carbonyl (C=O) groups is 1. The monoisotopic (exact) mass is 773 g/mol. The highest BCUT2D eigenvalue weighted by molar-refractivity contribution is 6.35. The van der Waals surface area contributed by atoms with Gasteiger partial charge in [-0.15, -0.1) is 0 Å². The fraction of sp³-hybridized carbons (Fsp3) is 0.375. The minimum Gasteiger partial charge on any atom is -0.494 e. The Morgan fingerprint density at radius 2 is 1.22 bits per heavy atom. The SMILES string of the molecule is CC(C)(C)OC(=O)N1C[C@H](OCc2cc(Cl)cc(Cl)c2)C(c2ccc(OCCCOCc3ccccc3)cc2)[C@H](OCc2cc(Cl)cc(Cl)c2)C1. The van der Waals surface area contributed by atoms with Crippen LogP contribution in [-0.4, -0.2) is 55.1 Å². The van der Waals surface area contributed by atoms with Crippen molar-refractivity contribution in [3.05, 3.63) is 133 Å². The maximum Gasteiger partial charge on any atom is 0.410 e. The molecular weight excluding hydrogens is 732 g/mol. The van der Waals surface area contributed by atoms with Crippen LogP contribution in [0.3, 0.4) is 0 Å². The Morgan fingerprint density at radius 3 is 1.73 bits per heavy atom. The first kappa shape index (κ1) is 39.2. The maximum absolute atomic E-state index is 13.5. The Kier molecular flexibility index (Phi) is 14.3. The van der Waals surface area contributed by atoms with Gasteiger partial charge in [0.2, 0.25) is 0 Å². The molecule has 0 saturated carbocycles. The highest BCUT2D eigenvalue weighted by atomic mass is 35.5. The van der Waals surface area contributed by atoms with Gasteiger partial charge in [-0.3, -0.25) is 0 Å². The van der Waals surface area contributed by atoms with Gasteiger partial charge in [-0.1, -0.05) is 88.9 Å². The molecule has 1 aliphatic heterocycles. The van der Waals surface area contributed by atoms with E-state index >= 15 is 0 Å². The third-order valence-electron chi connectivity index (χ3n) is 8.10. The lowest BCUT2D eigenvalue weighted by Gasteiger charge is -2.43. The first-order valence-electron chi connectivity index (χ1n) is 16.9. The van der Waals surface area contributed by atoms with Crippen LogP contribution in [0.25, 0.3) is 0 Å². The highest BCUT2D eigenvalue weighted by Gasteiger charge is 2.42. The molecule has 1 amide bonds. The molecule has 51 heavy (non-hydrogen) atoms. The van der Waals surface area contributed by atoms with Gasteiger partial charge < -0.3 is 28.6 Å². The van der Waals surface area contributed by atoms with Crippen LogP contribution in [0.2, 0.25) is 20.1 Å². The van der Waals surface area contributed by atoms with Crippen LogP contribution in [0, 0.1) is 0 Å². The van der Waals surface area contributed by atoms with Crippen LogP contribution in [0.4, 0.5) is 4.79 Å². The molecule has 1 unspecified atom stereocenters. The summed E-state index contributed by atoms with van der Waals surface area (Å²) in [5.74, 6) is 0.471. The van der Waals surface area contributed by atoms with E-state index in [1.807, 2.05) is 99.6 Å². The van der Waals surface area contributed by atoms with Gasteiger partial charge >= 0.3 is 6.09 Å². The molecule has 5 rings (SSSR count). The Bertz CT molecular complexity index is 1610. The summed E-state index contributed by atoms with van der Waals surface area (Å²) in [5, 5.41) is 2.04. The van der Waals surface area contributed by atoms with E-state index in [2.05, 4.69) is 0 Å². The van der Waals surface area contributed by atoms with Crippen molar-refractivity contribution in [2.45, 2.75) is 70.7 Å². The standard InChI is InChI=1S/C40H43Cl4NO6/c1-40(2,3)51-39(46)45-22-36(49-25-28-16-31(41)20-32(42)17-28)38(37(23-45)50-26-29-18-33(43)21-34(44)19-29)30-10-12-35(13-11-30)48-15-7-14-47-24-27-8-5-4-6-9-27/h4-6,8-13,16-21,36-38H,7,14-15,22-26H2,1-3H3/t36-,37+,38?. The summed E-state index contributed by atoms with van der Waals surface area (Å²) in [4.78, 5) is 15.1. The number of ether oxygens (including phenoxy) is 5. The molecule has 0 radical (unpaired) electrons. The minimum atomic E-state index is -0.681. The Balaban J connectivity index is 1.34. The lowest BCUT2D eigenvalue weighted by atomic mass is 9.84. The molecule has 7 nitrogen and oxygen atoms in total. The van der Waals surface area contributed by atoms with Crippen LogP contribution in [0.15, 0.2) is 91.0 Å². The van der Waals surface area contributed by atoms with E-state index in [0.29, 0.717) is 39.9 Å². The first-order chi connectivity index (χ1) is 24.4. The smallest absolute Gasteiger partial charge is 0.410 e. The molecule has 0 aromatic heterocycles. The molecule has 1 saturated heterocycles. The summed E-state index contributed by atoms with van der Waals surface area (Å²) in [6.07, 6.45) is -0.655. The first-order valence-corrected chi connectivity index (χ1v) is 18.4. The molecule has 1 fully saturated rings. The summed E-state index contributed by atoms with van der Waals surface area (Å²) in [7, 11) is 0. The largest absolute Gasteiger partial charge is 0.494 e. The van der Waals surface area contributed by atoms with E-state index in [1.54, 1.807) is 17.0 Å². The van der Waals surface area contributed by atoms with E-state index in [1.165, 1.54) is 0 Å². The second-order valence-corrected chi connectivity index (χ2v) is 15.2. The topological polar surface area (TPSA) is 66.5 Å². The average Bonchev–Trinajstić information content (AvgIpc) is 3.07. The number of halogens is 4. The van der Waals surface area contributed by atoms with E-state index in [9.17, 15) is 4.79 Å². The van der Waals surface area contributed by atoms with Crippen molar-refractivity contribution >= 4 is 52.5 Å². The fourth-order valence-corrected chi connectivity index (χ4v) is 7.03. The zero-order chi connectivity index (χ0) is 36.4. The molecule has 4 aromatic carbocycles. The number of nitrogens with zero attached hydrogens (tertiary/aromatic N) is 1. The zero-order valence-electron chi connectivity index (χ0n) is 29.0. The van der Waals surface area contributed by atoms with Crippen molar-refractivity contribution in [1.82, 2.24) is 4.90 Å². The van der Waals surface area contributed by atoms with Crippen molar-refractivity contribution in [3.8, 4) is 5.75 Å². The molecule has 0 bridgehead atoms. The number of benzene rings is 4. The van der Waals surface area contributed by atoms with Gasteiger partial charge in [-0.05, 0) is 91.6 Å². The van der Waals surface area contributed by atoms with Gasteiger partial charge in [0.15, 0.2) is 0 Å². The summed E-state index contributed by atoms with van der Waals surface area (Å²) < 4.78 is 30.8. The maximum atomic E-state index is 13.5. The van der Waals surface area contributed by atoms with E-state index < -0.39 is 23.9 Å². The Labute approximate surface area is 320 Å². The number of hydrogen-bond acceptors (Lipinski definition) is 6. The van der Waals surface area contributed by atoms with Crippen LogP contribution < -0.4 is 4.74 Å². The third kappa shape index (κ3) is 12.6. The molecule has 1 aliphatic rings. The second kappa shape index (κ2) is 18.7. The van der Waals surface area contributed by atoms with Crippen molar-refractivity contribution in [2.75, 3.05) is 26.3 Å². The summed E-state index contributed by atoms with van der Waals surface area (Å²) in [5.41, 5.74) is 3.05. The Morgan fingerprint density at radius 1 is 0.686 bits per heavy atom. The zero-order valence-corrected chi connectivity index (χ0v) is 32.0. The van der Waals surface area contributed by atoms with Crippen LogP contribution in [0.5, 0.6) is 5.75 Å². The molecule has 11 heteroatoms. The normalized spacial score (nSPS) is 17.7. The quantitative estimate of drug-likeness (QED) is 0.119. The number of likely N-dealkylation sites (tertiary alicyclic amines) is 1. The van der Waals surface area contributed by atoms with Gasteiger partial charge in [0.25, 0.3) is 0 Å². The van der Waals surface area contributed by atoms with Crippen molar-refractivity contribution in [2.24, 2.45) is 0 Å². The van der Waals surface area contributed by atoms with Crippen molar-refractivity contribution in [1.29, 1.82) is 0 Å². The molecule has 4 aromatic rings. The van der Waals surface area contributed by atoms with Crippen molar-refractivity contribution in [3.63, 3.8) is 0 Å². The van der Waals surface area contributed by atoms with Gasteiger partial charge in [-0.25, -0.2) is 4.79 Å². The van der Waals surface area contributed by atoms with Gasteiger partial charge in [0.05, 0.1) is 58.3 Å². The summed E-state index contributed by atoms with van der Waals surface area (Å²) in [6.45, 7) is 8.19. The average molecular weight is 776 g/mol. The molecule has 0 N–H and O–H groups in total. The Hall–Kier alpha value is -3.01. The fourth-order valence-electron chi connectivity index (χ4n) is 5.89. The predicted molar refractivity (Wildman–Crippen MR) is 203 cm³/mol. The number of amides is 1. The molecule has 1 heterocycles. The highest BCUT2D eigenvalue weighted by Crippen LogP contribution is 2.36. The lowest BCUT2D eigenvalue weighted by Crippen LogP contribution is -2.55. The molecular formula is C40H43Cl4NO6. The van der Waals surface area contributed by atoms with E-state index in [0.717, 1.165) is 34.4 Å². The predicted octanol–water partition coefficient (Wildman–Crippen LogP) is 10.8. The molecule has 0 aliphatic carbocycles. The summed E-state index contributed by atoms with van der Waals surface area (Å²) in [6, 6.07) is 28.6. The van der Waals surface area contributed by atoms with Gasteiger partial charge in [0.1, 0.15) is 11.4 Å². The number of rotatable bonds is 14. The van der Waals surface area contributed by atoms with Crippen molar-refractivity contribution < 1.29 is 28.5 Å². The van der Waals surface area contributed by atoms with Crippen LogP contribution >= 0.6 is 46.4 Å². The number of piperidine rings is 1. The van der Waals surface area contributed by atoms with Gasteiger partial charge in [-0.2, -0.15) is 0 Å². The van der Waals surface area contributed by atoms with E-state index in [4.69, 9.17) is 70.1 Å². The molecule has 0 spiro atoms. The molecule has 3 atom stereocenters. The number of hydrogen-bond donors (Lipinski definition) is 0. The van der Waals surface area contributed by atoms with Gasteiger partial charge in [0, 0.05) is 32.4 Å². The van der Waals surface area contributed by atoms with E-state index in [-0.39, 0.29) is 32.2 Å².